The third-order valence-corrected chi connectivity index (χ3v) is 3.49. The van der Waals surface area contributed by atoms with E-state index in [-0.39, 0.29) is 29.1 Å². The summed E-state index contributed by atoms with van der Waals surface area (Å²) in [5, 5.41) is 15.1. The molecule has 1 saturated heterocycles. The number of aromatic carboxylic acids is 1. The minimum atomic E-state index is -1.12. The number of halogens is 1. The van der Waals surface area contributed by atoms with Gasteiger partial charge in [-0.15, -0.1) is 0 Å². The smallest absolute Gasteiger partial charge is 0.337 e. The Labute approximate surface area is 121 Å². The number of carboxylic acids is 1. The van der Waals surface area contributed by atoms with Crippen molar-refractivity contribution in [2.24, 2.45) is 5.92 Å². The van der Waals surface area contributed by atoms with Gasteiger partial charge in [0.1, 0.15) is 0 Å². The van der Waals surface area contributed by atoms with Crippen molar-refractivity contribution in [1.29, 1.82) is 0 Å². The SMILES string of the molecule is CNC1COCC1C(=O)Nc1cc(Cl)ccc1C(=O)O. The first-order valence-corrected chi connectivity index (χ1v) is 6.49. The van der Waals surface area contributed by atoms with Gasteiger partial charge in [-0.3, -0.25) is 4.79 Å². The van der Waals surface area contributed by atoms with Crippen molar-refractivity contribution in [3.63, 3.8) is 0 Å². The summed E-state index contributed by atoms with van der Waals surface area (Å²) in [6.45, 7) is 0.760. The fourth-order valence-corrected chi connectivity index (χ4v) is 2.30. The van der Waals surface area contributed by atoms with Gasteiger partial charge in [-0.25, -0.2) is 4.79 Å². The second-order valence-electron chi connectivity index (χ2n) is 4.52. The van der Waals surface area contributed by atoms with Gasteiger partial charge in [0.25, 0.3) is 0 Å². The predicted molar refractivity (Wildman–Crippen MR) is 74.2 cm³/mol. The minimum Gasteiger partial charge on any atom is -0.478 e. The van der Waals surface area contributed by atoms with E-state index in [0.717, 1.165) is 0 Å². The van der Waals surface area contributed by atoms with Crippen molar-refractivity contribution in [2.75, 3.05) is 25.6 Å². The van der Waals surface area contributed by atoms with E-state index in [9.17, 15) is 9.59 Å². The molecule has 1 aliphatic rings. The van der Waals surface area contributed by atoms with Crippen molar-refractivity contribution >= 4 is 29.2 Å². The second-order valence-corrected chi connectivity index (χ2v) is 4.96. The highest BCUT2D eigenvalue weighted by Crippen LogP contribution is 2.23. The molecule has 0 bridgehead atoms. The van der Waals surface area contributed by atoms with Crippen LogP contribution < -0.4 is 10.6 Å². The molecule has 7 heteroatoms. The van der Waals surface area contributed by atoms with E-state index in [1.54, 1.807) is 7.05 Å². The predicted octanol–water partition coefficient (Wildman–Crippen LogP) is 1.21. The van der Waals surface area contributed by atoms with Crippen LogP contribution in [-0.4, -0.2) is 43.3 Å². The third-order valence-electron chi connectivity index (χ3n) is 3.26. The van der Waals surface area contributed by atoms with E-state index in [0.29, 0.717) is 18.2 Å². The molecule has 0 aliphatic carbocycles. The summed E-state index contributed by atoms with van der Waals surface area (Å²) in [6, 6.07) is 4.17. The first-order chi connectivity index (χ1) is 9.52. The Kier molecular flexibility index (Phi) is 4.59. The number of carbonyl (C=O) groups excluding carboxylic acids is 1. The first kappa shape index (κ1) is 14.8. The van der Waals surface area contributed by atoms with Gasteiger partial charge in [-0.2, -0.15) is 0 Å². The molecule has 6 nitrogen and oxygen atoms in total. The number of likely N-dealkylation sites (N-methyl/N-ethyl adjacent to an activating group) is 1. The minimum absolute atomic E-state index is 0.00247. The molecule has 3 N–H and O–H groups in total. The molecule has 1 aromatic carbocycles. The Hall–Kier alpha value is -1.63. The number of carbonyl (C=O) groups is 2. The fourth-order valence-electron chi connectivity index (χ4n) is 2.13. The van der Waals surface area contributed by atoms with Crippen LogP contribution in [0.5, 0.6) is 0 Å². The van der Waals surface area contributed by atoms with Crippen LogP contribution in [0.15, 0.2) is 18.2 Å². The summed E-state index contributed by atoms with van der Waals surface area (Å²) in [4.78, 5) is 23.3. The number of hydrogen-bond acceptors (Lipinski definition) is 4. The number of hydrogen-bond donors (Lipinski definition) is 3. The van der Waals surface area contributed by atoms with E-state index in [4.69, 9.17) is 21.4 Å². The van der Waals surface area contributed by atoms with Gasteiger partial charge in [0.2, 0.25) is 5.91 Å². The molecule has 2 atom stereocenters. The van der Waals surface area contributed by atoms with Gasteiger partial charge in [-0.05, 0) is 25.2 Å². The highest BCUT2D eigenvalue weighted by molar-refractivity contribution is 6.31. The molecule has 1 fully saturated rings. The summed E-state index contributed by atoms with van der Waals surface area (Å²) in [6.07, 6.45) is 0. The zero-order valence-corrected chi connectivity index (χ0v) is 11.6. The van der Waals surface area contributed by atoms with Crippen LogP contribution in [0.3, 0.4) is 0 Å². The highest BCUT2D eigenvalue weighted by Gasteiger charge is 2.33. The van der Waals surface area contributed by atoms with Gasteiger partial charge >= 0.3 is 5.97 Å². The lowest BCUT2D eigenvalue weighted by Crippen LogP contribution is -2.39. The molecule has 0 saturated carbocycles. The van der Waals surface area contributed by atoms with Gasteiger partial charge in [0.15, 0.2) is 0 Å². The van der Waals surface area contributed by atoms with E-state index in [1.807, 2.05) is 0 Å². The molecule has 2 unspecified atom stereocenters. The van der Waals surface area contributed by atoms with E-state index >= 15 is 0 Å². The maximum atomic E-state index is 12.2. The Balaban J connectivity index is 2.19. The number of benzene rings is 1. The van der Waals surface area contributed by atoms with Crippen molar-refractivity contribution < 1.29 is 19.4 Å². The van der Waals surface area contributed by atoms with Crippen LogP contribution in [0.1, 0.15) is 10.4 Å². The average molecular weight is 299 g/mol. The number of nitrogens with one attached hydrogen (secondary N) is 2. The molecule has 1 aromatic rings. The fraction of sp³-hybridized carbons (Fsp3) is 0.385. The average Bonchev–Trinajstić information content (AvgIpc) is 2.86. The lowest BCUT2D eigenvalue weighted by molar-refractivity contribution is -0.120. The molecule has 1 heterocycles. The Morgan fingerprint density at radius 3 is 2.80 bits per heavy atom. The number of amides is 1. The Morgan fingerprint density at radius 2 is 2.15 bits per heavy atom. The highest BCUT2D eigenvalue weighted by atomic mass is 35.5. The number of ether oxygens (including phenoxy) is 1. The number of rotatable bonds is 4. The number of carboxylic acid groups (broad SMARTS) is 1. The Bertz CT molecular complexity index is 535. The molecule has 2 rings (SSSR count). The van der Waals surface area contributed by atoms with Gasteiger partial charge in [0.05, 0.1) is 30.4 Å². The first-order valence-electron chi connectivity index (χ1n) is 6.11. The number of anilines is 1. The lowest BCUT2D eigenvalue weighted by atomic mass is 10.0. The lowest BCUT2D eigenvalue weighted by Gasteiger charge is -2.17. The van der Waals surface area contributed by atoms with Gasteiger partial charge < -0.3 is 20.5 Å². The largest absolute Gasteiger partial charge is 0.478 e. The van der Waals surface area contributed by atoms with Crippen molar-refractivity contribution in [2.45, 2.75) is 6.04 Å². The summed E-state index contributed by atoms with van der Waals surface area (Å²) in [5.41, 5.74) is 0.194. The van der Waals surface area contributed by atoms with Crippen LogP contribution in [0, 0.1) is 5.92 Å². The molecule has 1 amide bonds. The van der Waals surface area contributed by atoms with E-state index in [2.05, 4.69) is 10.6 Å². The summed E-state index contributed by atoms with van der Waals surface area (Å²) in [7, 11) is 1.75. The quantitative estimate of drug-likeness (QED) is 0.778. The molecule has 1 aliphatic heterocycles. The molecule has 108 valence electrons. The van der Waals surface area contributed by atoms with Gasteiger partial charge in [-0.1, -0.05) is 11.6 Å². The van der Waals surface area contributed by atoms with Crippen molar-refractivity contribution in [3.8, 4) is 0 Å². The van der Waals surface area contributed by atoms with Crippen molar-refractivity contribution in [3.05, 3.63) is 28.8 Å². The summed E-state index contributed by atoms with van der Waals surface area (Å²) in [5.74, 6) is -1.77. The normalized spacial score (nSPS) is 21.7. The zero-order valence-electron chi connectivity index (χ0n) is 10.9. The standard InChI is InChI=1S/C13H15ClN2O4/c1-15-11-6-20-5-9(11)12(17)16-10-4-7(14)2-3-8(10)13(18)19/h2-4,9,11,15H,5-6H2,1H3,(H,16,17)(H,18,19). The van der Waals surface area contributed by atoms with Crippen LogP contribution in [0.2, 0.25) is 5.02 Å². The van der Waals surface area contributed by atoms with Crippen LogP contribution >= 0.6 is 11.6 Å². The molecular weight excluding hydrogens is 284 g/mol. The summed E-state index contributed by atoms with van der Waals surface area (Å²) >= 11 is 5.84. The Morgan fingerprint density at radius 1 is 1.40 bits per heavy atom. The molecule has 0 radical (unpaired) electrons. The molecule has 0 spiro atoms. The maximum absolute atomic E-state index is 12.2. The molecule has 0 aromatic heterocycles. The maximum Gasteiger partial charge on any atom is 0.337 e. The molecular formula is C13H15ClN2O4. The molecule has 20 heavy (non-hydrogen) atoms. The van der Waals surface area contributed by atoms with Crippen molar-refractivity contribution in [1.82, 2.24) is 5.32 Å². The van der Waals surface area contributed by atoms with E-state index < -0.39 is 5.97 Å². The monoisotopic (exact) mass is 298 g/mol. The van der Waals surface area contributed by atoms with Crippen LogP contribution in [0.4, 0.5) is 5.69 Å². The second kappa shape index (κ2) is 6.21. The zero-order chi connectivity index (χ0) is 14.7. The topological polar surface area (TPSA) is 87.7 Å². The summed E-state index contributed by atoms with van der Waals surface area (Å²) < 4.78 is 5.26. The van der Waals surface area contributed by atoms with E-state index in [1.165, 1.54) is 18.2 Å². The van der Waals surface area contributed by atoms with Crippen LogP contribution in [-0.2, 0) is 9.53 Å². The third kappa shape index (κ3) is 3.09. The van der Waals surface area contributed by atoms with Gasteiger partial charge in [0, 0.05) is 11.1 Å². The van der Waals surface area contributed by atoms with Crippen LogP contribution in [0.25, 0.3) is 0 Å².